The van der Waals surface area contributed by atoms with Gasteiger partial charge in [-0.15, -0.1) is 0 Å². The summed E-state index contributed by atoms with van der Waals surface area (Å²) in [6.45, 7) is 10.9. The number of nitrogens with zero attached hydrogens (tertiary/aromatic N) is 1. The van der Waals surface area contributed by atoms with E-state index in [1.165, 1.54) is 14.1 Å². The third-order valence-corrected chi connectivity index (χ3v) is 5.05. The largest absolute Gasteiger partial charge is 0.461 e. The Hall–Kier alpha value is -2.80. The quantitative estimate of drug-likeness (QED) is 0.364. The van der Waals surface area contributed by atoms with E-state index in [1.807, 2.05) is 0 Å². The van der Waals surface area contributed by atoms with Crippen LogP contribution in [0.1, 0.15) is 61.3 Å². The number of halogens is 5. The smallest absolute Gasteiger partial charge is 0.349 e. The average molecular weight is 545 g/mol. The van der Waals surface area contributed by atoms with Crippen molar-refractivity contribution in [2.75, 3.05) is 14.1 Å². The van der Waals surface area contributed by atoms with Crippen LogP contribution < -0.4 is 16.0 Å². The van der Waals surface area contributed by atoms with Crippen LogP contribution in [0, 0.1) is 10.8 Å². The van der Waals surface area contributed by atoms with E-state index in [-0.39, 0.29) is 6.42 Å². The fourth-order valence-electron chi connectivity index (χ4n) is 2.98. The lowest BCUT2D eigenvalue weighted by Crippen LogP contribution is -2.60. The first-order chi connectivity index (χ1) is 16.3. The van der Waals surface area contributed by atoms with Crippen molar-refractivity contribution in [3.8, 4) is 0 Å². The second-order valence-corrected chi connectivity index (χ2v) is 11.3. The van der Waals surface area contributed by atoms with Gasteiger partial charge >= 0.3 is 12.1 Å². The lowest BCUT2D eigenvalue weighted by molar-refractivity contribution is -0.269. The molecule has 14 heteroatoms. The third-order valence-electron chi connectivity index (χ3n) is 5.05. The molecule has 3 N–H and O–H groups in total. The number of nitrogens with one attached hydrogen (secondary N) is 3. The summed E-state index contributed by atoms with van der Waals surface area (Å²) in [6, 6.07) is -5.26. The number of carbonyl (C=O) groups is 5. The van der Waals surface area contributed by atoms with Crippen LogP contribution in [0.15, 0.2) is 0 Å². The molecule has 0 spiro atoms. The molecular weight excluding hydrogens is 507 g/mol. The van der Waals surface area contributed by atoms with Gasteiger partial charge in [-0.3, -0.25) is 24.0 Å². The normalized spacial score (nSPS) is 15.2. The summed E-state index contributed by atoms with van der Waals surface area (Å²) in [6.07, 6.45) is -6.82. The molecule has 37 heavy (non-hydrogen) atoms. The molecule has 4 amide bonds. The van der Waals surface area contributed by atoms with E-state index in [0.717, 1.165) is 4.90 Å². The van der Waals surface area contributed by atoms with Crippen molar-refractivity contribution < 1.29 is 45.9 Å². The zero-order valence-corrected chi connectivity index (χ0v) is 22.5. The third kappa shape index (κ3) is 10.6. The summed E-state index contributed by atoms with van der Waals surface area (Å²) < 4.78 is 64.5. The van der Waals surface area contributed by atoms with Gasteiger partial charge in [-0.25, -0.2) is 0 Å². The van der Waals surface area contributed by atoms with Crippen LogP contribution in [0.2, 0.25) is 0 Å². The molecule has 0 aliphatic carbocycles. The summed E-state index contributed by atoms with van der Waals surface area (Å²) in [5.41, 5.74) is -1.30. The van der Waals surface area contributed by atoms with Crippen molar-refractivity contribution in [3.63, 3.8) is 0 Å². The summed E-state index contributed by atoms with van der Waals surface area (Å²) in [5, 5.41) is 6.55. The van der Waals surface area contributed by atoms with Gasteiger partial charge in [-0.05, 0) is 17.8 Å². The van der Waals surface area contributed by atoms with Crippen molar-refractivity contribution >= 4 is 29.4 Å². The lowest BCUT2D eigenvalue weighted by Gasteiger charge is -2.33. The van der Waals surface area contributed by atoms with Crippen molar-refractivity contribution in [1.82, 2.24) is 20.9 Å². The SMILES string of the molecule is C[C@H](NC(=O)[C@H](CC(=O)N(C)C)NC(=O)[C@@H](NC(=O)CC(C)(C)C)C(C)(C)C)C(=O)C(F)(F)C(F)(F)F. The molecular formula is C23H37F5N4O5. The van der Waals surface area contributed by atoms with E-state index in [0.29, 0.717) is 6.92 Å². The monoisotopic (exact) mass is 544 g/mol. The number of carbonyl (C=O) groups excluding carboxylic acids is 5. The summed E-state index contributed by atoms with van der Waals surface area (Å²) in [5.74, 6) is -11.7. The molecule has 0 heterocycles. The Morgan fingerprint density at radius 2 is 1.27 bits per heavy atom. The van der Waals surface area contributed by atoms with Crippen LogP contribution in [-0.4, -0.2) is 78.6 Å². The Labute approximate surface area is 213 Å². The molecule has 0 saturated carbocycles. The van der Waals surface area contributed by atoms with Crippen LogP contribution in [-0.2, 0) is 24.0 Å². The number of Topliss-reactive ketones (excluding diaryl/α,β-unsaturated/α-hetero) is 1. The minimum atomic E-state index is -6.18. The molecule has 0 aliphatic rings. The highest BCUT2D eigenvalue weighted by molar-refractivity contribution is 5.98. The number of ketones is 1. The second kappa shape index (κ2) is 12.2. The standard InChI is InChI=1S/C23H37F5N4O5/c1-12(17(35)22(24,25)23(26,27)28)29-18(36)13(10-15(34)32(8)9)30-19(37)16(21(5,6)7)31-14(33)11-20(2,3)4/h12-13,16H,10-11H2,1-9H3,(H,29,36)(H,30,37)(H,31,33)/t12-,13-,16+/m0/s1. The van der Waals surface area contributed by atoms with Crippen LogP contribution in [0.5, 0.6) is 0 Å². The minimum Gasteiger partial charge on any atom is -0.349 e. The van der Waals surface area contributed by atoms with Crippen LogP contribution in [0.3, 0.4) is 0 Å². The Bertz CT molecular complexity index is 876. The Morgan fingerprint density at radius 3 is 1.65 bits per heavy atom. The lowest BCUT2D eigenvalue weighted by atomic mass is 9.85. The highest BCUT2D eigenvalue weighted by Crippen LogP contribution is 2.36. The molecule has 0 saturated heterocycles. The molecule has 3 atom stereocenters. The fraction of sp³-hybridized carbons (Fsp3) is 0.783. The molecule has 0 aromatic heterocycles. The van der Waals surface area contributed by atoms with Gasteiger partial charge in [0.1, 0.15) is 12.1 Å². The van der Waals surface area contributed by atoms with Crippen molar-refractivity contribution in [3.05, 3.63) is 0 Å². The molecule has 214 valence electrons. The van der Waals surface area contributed by atoms with Crippen molar-refractivity contribution in [2.24, 2.45) is 10.8 Å². The Morgan fingerprint density at radius 1 is 0.784 bits per heavy atom. The highest BCUT2D eigenvalue weighted by Gasteiger charge is 2.64. The van der Waals surface area contributed by atoms with E-state index >= 15 is 0 Å². The van der Waals surface area contributed by atoms with E-state index in [4.69, 9.17) is 0 Å². The molecule has 0 fully saturated rings. The molecule has 0 rings (SSSR count). The first-order valence-electron chi connectivity index (χ1n) is 11.4. The maximum atomic E-state index is 13.4. The van der Waals surface area contributed by atoms with E-state index < -0.39 is 76.9 Å². The van der Waals surface area contributed by atoms with Gasteiger partial charge in [0, 0.05) is 20.5 Å². The predicted molar refractivity (Wildman–Crippen MR) is 124 cm³/mol. The summed E-state index contributed by atoms with van der Waals surface area (Å²) in [4.78, 5) is 63.3. The number of hydrogen-bond acceptors (Lipinski definition) is 5. The van der Waals surface area contributed by atoms with Gasteiger partial charge in [-0.2, -0.15) is 22.0 Å². The Balaban J connectivity index is 5.93. The molecule has 0 aliphatic heterocycles. The molecule has 0 radical (unpaired) electrons. The maximum absolute atomic E-state index is 13.4. The first-order valence-corrected chi connectivity index (χ1v) is 11.4. The van der Waals surface area contributed by atoms with Crippen molar-refractivity contribution in [1.29, 1.82) is 0 Å². The molecule has 0 unspecified atom stereocenters. The van der Waals surface area contributed by atoms with Crippen LogP contribution >= 0.6 is 0 Å². The van der Waals surface area contributed by atoms with E-state index in [2.05, 4.69) is 10.6 Å². The summed E-state index contributed by atoms with van der Waals surface area (Å²) >= 11 is 0. The van der Waals surface area contributed by atoms with E-state index in [9.17, 15) is 45.9 Å². The van der Waals surface area contributed by atoms with E-state index in [1.54, 1.807) is 46.9 Å². The second-order valence-electron chi connectivity index (χ2n) is 11.3. The average Bonchev–Trinajstić information content (AvgIpc) is 2.67. The zero-order chi connectivity index (χ0) is 29.7. The van der Waals surface area contributed by atoms with Gasteiger partial charge in [0.05, 0.1) is 12.5 Å². The van der Waals surface area contributed by atoms with Gasteiger partial charge in [0.2, 0.25) is 29.4 Å². The molecule has 9 nitrogen and oxygen atoms in total. The minimum absolute atomic E-state index is 0.0585. The number of alkyl halides is 5. The number of hydrogen-bond donors (Lipinski definition) is 3. The Kier molecular flexibility index (Phi) is 11.2. The van der Waals surface area contributed by atoms with Gasteiger partial charge in [0.25, 0.3) is 0 Å². The molecule has 0 aromatic rings. The van der Waals surface area contributed by atoms with Crippen molar-refractivity contribution in [2.45, 2.75) is 91.5 Å². The fourth-order valence-corrected chi connectivity index (χ4v) is 2.98. The number of amides is 4. The topological polar surface area (TPSA) is 125 Å². The first kappa shape index (κ1) is 34.2. The molecule has 0 bridgehead atoms. The van der Waals surface area contributed by atoms with Gasteiger partial charge in [-0.1, -0.05) is 41.5 Å². The zero-order valence-electron chi connectivity index (χ0n) is 22.5. The molecule has 0 aromatic carbocycles. The number of rotatable bonds is 10. The highest BCUT2D eigenvalue weighted by atomic mass is 19.4. The predicted octanol–water partition coefficient (Wildman–Crippen LogP) is 2.19. The van der Waals surface area contributed by atoms with Gasteiger partial charge < -0.3 is 20.9 Å². The summed E-state index contributed by atoms with van der Waals surface area (Å²) in [7, 11) is 2.67. The van der Waals surface area contributed by atoms with Crippen LogP contribution in [0.25, 0.3) is 0 Å². The maximum Gasteiger partial charge on any atom is 0.461 e. The van der Waals surface area contributed by atoms with Crippen LogP contribution in [0.4, 0.5) is 22.0 Å². The van der Waals surface area contributed by atoms with Gasteiger partial charge in [0.15, 0.2) is 0 Å².